The number of fused-ring (bicyclic) bond motifs is 1. The maximum atomic E-state index is 12.2. The molecule has 0 spiro atoms. The highest BCUT2D eigenvalue weighted by molar-refractivity contribution is 5.85. The van der Waals surface area contributed by atoms with Crippen molar-refractivity contribution < 1.29 is 14.7 Å². The van der Waals surface area contributed by atoms with Crippen molar-refractivity contribution in [3.05, 3.63) is 71.4 Å². The zero-order valence-electron chi connectivity index (χ0n) is 16.8. The number of aliphatic carboxylic acids is 1. The van der Waals surface area contributed by atoms with E-state index in [1.54, 1.807) is 6.20 Å². The van der Waals surface area contributed by atoms with Crippen LogP contribution in [0.4, 0.5) is 5.82 Å². The second kappa shape index (κ2) is 12.0. The Morgan fingerprint density at radius 2 is 1.93 bits per heavy atom. The third kappa shape index (κ3) is 7.19. The van der Waals surface area contributed by atoms with Crippen LogP contribution in [-0.4, -0.2) is 35.1 Å². The summed E-state index contributed by atoms with van der Waals surface area (Å²) >= 11 is 0. The number of carbonyl (C=O) groups excluding carboxylic acids is 1. The van der Waals surface area contributed by atoms with Crippen molar-refractivity contribution in [3.63, 3.8) is 0 Å². The molecule has 160 valence electrons. The molecule has 30 heavy (non-hydrogen) atoms. The second-order valence-corrected chi connectivity index (χ2v) is 7.29. The fraction of sp³-hybridized carbons (Fsp3) is 0.348. The van der Waals surface area contributed by atoms with Crippen molar-refractivity contribution in [1.82, 2.24) is 10.3 Å². The summed E-state index contributed by atoms with van der Waals surface area (Å²) in [4.78, 5) is 27.7. The highest BCUT2D eigenvalue weighted by Gasteiger charge is 2.22. The first-order valence-electron chi connectivity index (χ1n) is 10.0. The first-order chi connectivity index (χ1) is 14.1. The molecule has 1 atom stereocenters. The van der Waals surface area contributed by atoms with Crippen LogP contribution in [0, 0.1) is 0 Å². The van der Waals surface area contributed by atoms with Gasteiger partial charge in [-0.15, -0.1) is 12.4 Å². The molecular weight excluding hydrogens is 402 g/mol. The van der Waals surface area contributed by atoms with Crippen molar-refractivity contribution in [3.8, 4) is 0 Å². The minimum atomic E-state index is -0.796. The van der Waals surface area contributed by atoms with Gasteiger partial charge in [0.05, 0.1) is 6.42 Å². The quantitative estimate of drug-likeness (QED) is 0.414. The summed E-state index contributed by atoms with van der Waals surface area (Å²) in [5.74, 6) is -0.0433. The number of allylic oxidation sites excluding steroid dienone is 1. The average molecular weight is 430 g/mol. The molecule has 3 rings (SSSR count). The highest BCUT2D eigenvalue weighted by atomic mass is 35.5. The van der Waals surface area contributed by atoms with Crippen molar-refractivity contribution >= 4 is 30.1 Å². The number of amides is 1. The molecule has 0 aliphatic heterocycles. The molecule has 1 aromatic carbocycles. The van der Waals surface area contributed by atoms with E-state index in [-0.39, 0.29) is 30.7 Å². The van der Waals surface area contributed by atoms with Gasteiger partial charge in [0.1, 0.15) is 5.82 Å². The molecule has 1 heterocycles. The van der Waals surface area contributed by atoms with E-state index >= 15 is 0 Å². The molecular formula is C23H28ClN3O3. The number of carboxylic acids is 1. The molecule has 3 N–H and O–H groups in total. The molecule has 0 saturated carbocycles. The number of hydrogen-bond acceptors (Lipinski definition) is 4. The predicted molar refractivity (Wildman–Crippen MR) is 120 cm³/mol. The summed E-state index contributed by atoms with van der Waals surface area (Å²) < 4.78 is 0. The van der Waals surface area contributed by atoms with E-state index in [2.05, 4.69) is 27.8 Å². The smallest absolute Gasteiger partial charge is 0.303 e. The van der Waals surface area contributed by atoms with Crippen molar-refractivity contribution in [1.29, 1.82) is 0 Å². The number of halogens is 1. The normalized spacial score (nSPS) is 15.1. The van der Waals surface area contributed by atoms with Crippen molar-refractivity contribution in [2.24, 2.45) is 0 Å². The summed E-state index contributed by atoms with van der Waals surface area (Å²) in [6.45, 7) is 1.15. The van der Waals surface area contributed by atoms with E-state index in [4.69, 9.17) is 0 Å². The predicted octanol–water partition coefficient (Wildman–Crippen LogP) is 3.94. The Hall–Kier alpha value is -2.86. The second-order valence-electron chi connectivity index (χ2n) is 7.29. The number of benzene rings is 1. The molecule has 0 fully saturated rings. The van der Waals surface area contributed by atoms with E-state index < -0.39 is 5.97 Å². The van der Waals surface area contributed by atoms with Crippen LogP contribution in [0.2, 0.25) is 0 Å². The minimum absolute atomic E-state index is 0. The number of aromatic nitrogens is 1. The molecule has 6 nitrogen and oxygen atoms in total. The molecule has 1 aromatic heterocycles. The summed E-state index contributed by atoms with van der Waals surface area (Å²) in [5, 5.41) is 15.5. The van der Waals surface area contributed by atoms with E-state index in [0.717, 1.165) is 23.4 Å². The lowest BCUT2D eigenvalue weighted by Crippen LogP contribution is -2.26. The third-order valence-electron chi connectivity index (χ3n) is 5.10. The van der Waals surface area contributed by atoms with E-state index in [1.165, 1.54) is 5.56 Å². The third-order valence-corrected chi connectivity index (χ3v) is 5.10. The summed E-state index contributed by atoms with van der Waals surface area (Å²) in [6.07, 6.45) is 6.53. The number of carboxylic acid groups (broad SMARTS) is 1. The molecule has 1 unspecified atom stereocenters. The van der Waals surface area contributed by atoms with Gasteiger partial charge in [0.25, 0.3) is 0 Å². The summed E-state index contributed by atoms with van der Waals surface area (Å²) in [5.41, 5.74) is 3.36. The van der Waals surface area contributed by atoms with Crippen LogP contribution >= 0.6 is 12.4 Å². The molecule has 1 amide bonds. The largest absolute Gasteiger partial charge is 0.481 e. The van der Waals surface area contributed by atoms with Gasteiger partial charge < -0.3 is 15.7 Å². The van der Waals surface area contributed by atoms with Gasteiger partial charge in [-0.3, -0.25) is 9.59 Å². The van der Waals surface area contributed by atoms with Gasteiger partial charge in [0, 0.05) is 25.7 Å². The first-order valence-corrected chi connectivity index (χ1v) is 10.0. The van der Waals surface area contributed by atoms with E-state index in [1.807, 2.05) is 36.4 Å². The molecule has 0 radical (unpaired) electrons. The lowest BCUT2D eigenvalue weighted by molar-refractivity contribution is -0.137. The Morgan fingerprint density at radius 3 is 2.70 bits per heavy atom. The SMILES string of the molecule is Cl.O=C(O)CC1CC(CNC(=O)CCCNc2ccccn2)=CCc2ccccc21. The number of carbonyl (C=O) groups is 2. The Bertz CT molecular complexity index is 871. The van der Waals surface area contributed by atoms with Gasteiger partial charge in [-0.05, 0) is 48.4 Å². The molecule has 0 bridgehead atoms. The average Bonchev–Trinajstić information content (AvgIpc) is 2.90. The molecule has 0 saturated heterocycles. The molecule has 7 heteroatoms. The lowest BCUT2D eigenvalue weighted by atomic mass is 9.88. The molecule has 1 aliphatic carbocycles. The topological polar surface area (TPSA) is 91.3 Å². The molecule has 1 aliphatic rings. The Kier molecular flexibility index (Phi) is 9.35. The number of pyridine rings is 1. The monoisotopic (exact) mass is 429 g/mol. The highest BCUT2D eigenvalue weighted by Crippen LogP contribution is 2.33. The summed E-state index contributed by atoms with van der Waals surface area (Å²) in [7, 11) is 0. The van der Waals surface area contributed by atoms with Gasteiger partial charge in [-0.25, -0.2) is 4.98 Å². The van der Waals surface area contributed by atoms with Gasteiger partial charge >= 0.3 is 5.97 Å². The van der Waals surface area contributed by atoms with Crippen LogP contribution in [0.15, 0.2) is 60.3 Å². The number of hydrogen-bond donors (Lipinski definition) is 3. The lowest BCUT2D eigenvalue weighted by Gasteiger charge is -2.17. The number of anilines is 1. The number of nitrogens with one attached hydrogen (secondary N) is 2. The van der Waals surface area contributed by atoms with Gasteiger partial charge in [-0.2, -0.15) is 0 Å². The number of nitrogens with zero attached hydrogens (tertiary/aromatic N) is 1. The van der Waals surface area contributed by atoms with E-state index in [9.17, 15) is 14.7 Å². The van der Waals surface area contributed by atoms with Gasteiger partial charge in [0.2, 0.25) is 5.91 Å². The van der Waals surface area contributed by atoms with Crippen molar-refractivity contribution in [2.75, 3.05) is 18.4 Å². The van der Waals surface area contributed by atoms with Crippen LogP contribution in [-0.2, 0) is 16.0 Å². The van der Waals surface area contributed by atoms with Crippen LogP contribution in [0.3, 0.4) is 0 Å². The fourth-order valence-electron chi connectivity index (χ4n) is 3.65. The van der Waals surface area contributed by atoms with Crippen LogP contribution in [0.25, 0.3) is 0 Å². The fourth-order valence-corrected chi connectivity index (χ4v) is 3.65. The van der Waals surface area contributed by atoms with Crippen molar-refractivity contribution in [2.45, 2.75) is 38.0 Å². The standard InChI is InChI=1S/C23H27N3O3.ClH/c27-22(9-5-13-25-21-8-3-4-12-24-21)26-16-17-10-11-18-6-1-2-7-20(18)19(14-17)15-23(28)29;/h1-4,6-8,10,12,19H,5,9,11,13-16H2,(H,24,25)(H,26,27)(H,28,29);1H. The first kappa shape index (κ1) is 23.4. The molecule has 2 aromatic rings. The van der Waals surface area contributed by atoms with Crippen LogP contribution in [0.1, 0.15) is 42.7 Å². The maximum Gasteiger partial charge on any atom is 0.303 e. The van der Waals surface area contributed by atoms with Crippen LogP contribution < -0.4 is 10.6 Å². The Morgan fingerprint density at radius 1 is 1.13 bits per heavy atom. The maximum absolute atomic E-state index is 12.2. The number of rotatable bonds is 9. The Balaban J connectivity index is 0.00000320. The van der Waals surface area contributed by atoms with Gasteiger partial charge in [-0.1, -0.05) is 42.0 Å². The minimum Gasteiger partial charge on any atom is -0.481 e. The van der Waals surface area contributed by atoms with Gasteiger partial charge in [0.15, 0.2) is 0 Å². The van der Waals surface area contributed by atoms with Crippen LogP contribution in [0.5, 0.6) is 0 Å². The van der Waals surface area contributed by atoms with E-state index in [0.29, 0.717) is 32.4 Å². The Labute approximate surface area is 183 Å². The zero-order chi connectivity index (χ0) is 20.5. The summed E-state index contributed by atoms with van der Waals surface area (Å²) in [6, 6.07) is 13.7. The zero-order valence-corrected chi connectivity index (χ0v) is 17.7.